The van der Waals surface area contributed by atoms with E-state index in [9.17, 15) is 0 Å². The molecule has 3 rings (SSSR count). The highest BCUT2D eigenvalue weighted by molar-refractivity contribution is 5.26. The second kappa shape index (κ2) is 5.10. The Hall–Kier alpha value is -1.00. The molecular formula is C13H19N3O. The normalized spacial score (nSPS) is 21.2. The average molecular weight is 233 g/mol. The Morgan fingerprint density at radius 3 is 3.06 bits per heavy atom. The maximum atomic E-state index is 5.53. The highest BCUT2D eigenvalue weighted by atomic mass is 16.5. The first-order valence-electron chi connectivity index (χ1n) is 6.53. The summed E-state index contributed by atoms with van der Waals surface area (Å²) >= 11 is 0. The lowest BCUT2D eigenvalue weighted by Crippen LogP contribution is -2.29. The SMILES string of the molecule is c1nc2c(c(CC3CCNCC3)n1)COCC2. The van der Waals surface area contributed by atoms with E-state index in [2.05, 4.69) is 15.3 Å². The Morgan fingerprint density at radius 2 is 2.18 bits per heavy atom. The molecule has 0 atom stereocenters. The van der Waals surface area contributed by atoms with Gasteiger partial charge in [0, 0.05) is 17.7 Å². The van der Waals surface area contributed by atoms with Crippen LogP contribution in [0.3, 0.4) is 0 Å². The number of aromatic nitrogens is 2. The molecule has 1 aromatic heterocycles. The summed E-state index contributed by atoms with van der Waals surface area (Å²) < 4.78 is 5.53. The number of hydrogen-bond acceptors (Lipinski definition) is 4. The van der Waals surface area contributed by atoms with Gasteiger partial charge in [0.25, 0.3) is 0 Å². The zero-order valence-corrected chi connectivity index (χ0v) is 10.1. The first kappa shape index (κ1) is 11.1. The van der Waals surface area contributed by atoms with Crippen LogP contribution in [-0.2, 0) is 24.2 Å². The maximum absolute atomic E-state index is 5.53. The summed E-state index contributed by atoms with van der Waals surface area (Å²) in [6.07, 6.45) is 6.28. The lowest BCUT2D eigenvalue weighted by Gasteiger charge is -2.24. The van der Waals surface area contributed by atoms with Crippen molar-refractivity contribution in [3.05, 3.63) is 23.3 Å². The molecule has 0 saturated carbocycles. The minimum absolute atomic E-state index is 0.705. The van der Waals surface area contributed by atoms with Gasteiger partial charge in [0.2, 0.25) is 0 Å². The molecule has 1 aromatic rings. The molecule has 0 spiro atoms. The largest absolute Gasteiger partial charge is 0.376 e. The lowest BCUT2D eigenvalue weighted by molar-refractivity contribution is 0.107. The van der Waals surface area contributed by atoms with Crippen LogP contribution in [0.15, 0.2) is 6.33 Å². The third-order valence-electron chi connectivity index (χ3n) is 3.79. The number of nitrogens with one attached hydrogen (secondary N) is 1. The van der Waals surface area contributed by atoms with Gasteiger partial charge in [-0.1, -0.05) is 0 Å². The Balaban J connectivity index is 1.77. The fourth-order valence-corrected chi connectivity index (χ4v) is 2.75. The molecule has 4 heteroatoms. The molecule has 1 fully saturated rings. The summed E-state index contributed by atoms with van der Waals surface area (Å²) in [4.78, 5) is 8.84. The van der Waals surface area contributed by atoms with Crippen LogP contribution in [-0.4, -0.2) is 29.7 Å². The van der Waals surface area contributed by atoms with Crippen molar-refractivity contribution in [3.8, 4) is 0 Å². The van der Waals surface area contributed by atoms with Crippen molar-refractivity contribution in [2.45, 2.75) is 32.3 Å². The van der Waals surface area contributed by atoms with E-state index in [0.29, 0.717) is 6.61 Å². The van der Waals surface area contributed by atoms with Gasteiger partial charge < -0.3 is 10.1 Å². The molecule has 17 heavy (non-hydrogen) atoms. The van der Waals surface area contributed by atoms with Crippen LogP contribution in [0.2, 0.25) is 0 Å². The molecule has 2 aliphatic heterocycles. The van der Waals surface area contributed by atoms with Crippen molar-refractivity contribution in [1.82, 2.24) is 15.3 Å². The van der Waals surface area contributed by atoms with Crippen LogP contribution < -0.4 is 5.32 Å². The third kappa shape index (κ3) is 2.48. The predicted molar refractivity (Wildman–Crippen MR) is 64.7 cm³/mol. The Bertz CT molecular complexity index is 388. The molecule has 0 unspecified atom stereocenters. The van der Waals surface area contributed by atoms with Gasteiger partial charge in [0.15, 0.2) is 0 Å². The van der Waals surface area contributed by atoms with E-state index in [-0.39, 0.29) is 0 Å². The van der Waals surface area contributed by atoms with E-state index >= 15 is 0 Å². The number of piperidine rings is 1. The van der Waals surface area contributed by atoms with Gasteiger partial charge in [0.1, 0.15) is 6.33 Å². The first-order chi connectivity index (χ1) is 8.43. The second-order valence-corrected chi connectivity index (χ2v) is 4.95. The third-order valence-corrected chi connectivity index (χ3v) is 3.79. The van der Waals surface area contributed by atoms with Crippen LogP contribution in [0.5, 0.6) is 0 Å². The van der Waals surface area contributed by atoms with Crippen molar-refractivity contribution < 1.29 is 4.74 Å². The van der Waals surface area contributed by atoms with Crippen molar-refractivity contribution in [1.29, 1.82) is 0 Å². The zero-order valence-electron chi connectivity index (χ0n) is 10.1. The Labute approximate surface area is 102 Å². The van der Waals surface area contributed by atoms with Gasteiger partial charge in [0.05, 0.1) is 18.9 Å². The highest BCUT2D eigenvalue weighted by Crippen LogP contribution is 2.22. The quantitative estimate of drug-likeness (QED) is 0.830. The van der Waals surface area contributed by atoms with Crippen LogP contribution in [0, 0.1) is 5.92 Å². The second-order valence-electron chi connectivity index (χ2n) is 4.95. The van der Waals surface area contributed by atoms with Gasteiger partial charge >= 0.3 is 0 Å². The molecule has 3 heterocycles. The summed E-state index contributed by atoms with van der Waals surface area (Å²) in [6.45, 7) is 3.80. The van der Waals surface area contributed by atoms with Crippen molar-refractivity contribution in [2.24, 2.45) is 5.92 Å². The fourth-order valence-electron chi connectivity index (χ4n) is 2.75. The summed E-state index contributed by atoms with van der Waals surface area (Å²) in [5, 5.41) is 3.41. The molecule has 0 aliphatic carbocycles. The van der Waals surface area contributed by atoms with Gasteiger partial charge in [-0.05, 0) is 38.3 Å². The van der Waals surface area contributed by atoms with Gasteiger partial charge in [-0.3, -0.25) is 0 Å². The smallest absolute Gasteiger partial charge is 0.115 e. The summed E-state index contributed by atoms with van der Waals surface area (Å²) in [7, 11) is 0. The molecule has 4 nitrogen and oxygen atoms in total. The number of rotatable bonds is 2. The van der Waals surface area contributed by atoms with Gasteiger partial charge in [-0.15, -0.1) is 0 Å². The number of fused-ring (bicyclic) bond motifs is 1. The Kier molecular flexibility index (Phi) is 3.34. The zero-order chi connectivity index (χ0) is 11.5. The van der Waals surface area contributed by atoms with E-state index in [4.69, 9.17) is 4.74 Å². The molecular weight excluding hydrogens is 214 g/mol. The molecule has 0 aromatic carbocycles. The van der Waals surface area contributed by atoms with E-state index in [1.165, 1.54) is 29.8 Å². The highest BCUT2D eigenvalue weighted by Gasteiger charge is 2.20. The van der Waals surface area contributed by atoms with Gasteiger partial charge in [-0.25, -0.2) is 9.97 Å². The van der Waals surface area contributed by atoms with E-state index in [1.54, 1.807) is 6.33 Å². The standard InChI is InChI=1S/C13H19N3O/c1-4-14-5-2-10(1)7-13-11-8-17-6-3-12(11)15-9-16-13/h9-10,14H,1-8H2. The minimum Gasteiger partial charge on any atom is -0.376 e. The van der Waals surface area contributed by atoms with Crippen LogP contribution in [0.1, 0.15) is 29.8 Å². The molecule has 2 aliphatic rings. The fraction of sp³-hybridized carbons (Fsp3) is 0.692. The monoisotopic (exact) mass is 233 g/mol. The van der Waals surface area contributed by atoms with Crippen molar-refractivity contribution in [3.63, 3.8) is 0 Å². The first-order valence-corrected chi connectivity index (χ1v) is 6.53. The van der Waals surface area contributed by atoms with Crippen LogP contribution in [0.4, 0.5) is 0 Å². The summed E-state index contributed by atoms with van der Waals surface area (Å²) in [5.74, 6) is 0.775. The number of nitrogens with zero attached hydrogens (tertiary/aromatic N) is 2. The Morgan fingerprint density at radius 1 is 1.29 bits per heavy atom. The summed E-state index contributed by atoms with van der Waals surface area (Å²) in [6, 6.07) is 0. The van der Waals surface area contributed by atoms with Crippen LogP contribution in [0.25, 0.3) is 0 Å². The average Bonchev–Trinajstić information content (AvgIpc) is 2.40. The molecule has 1 saturated heterocycles. The van der Waals surface area contributed by atoms with E-state index in [0.717, 1.165) is 38.5 Å². The molecule has 0 radical (unpaired) electrons. The molecule has 0 bridgehead atoms. The molecule has 0 amide bonds. The predicted octanol–water partition coefficient (Wildman–Crippen LogP) is 1.09. The molecule has 92 valence electrons. The topological polar surface area (TPSA) is 47.0 Å². The molecule has 1 N–H and O–H groups in total. The maximum Gasteiger partial charge on any atom is 0.115 e. The minimum atomic E-state index is 0.705. The van der Waals surface area contributed by atoms with E-state index in [1.807, 2.05) is 0 Å². The lowest BCUT2D eigenvalue weighted by atomic mass is 9.91. The van der Waals surface area contributed by atoms with Crippen molar-refractivity contribution >= 4 is 0 Å². The number of hydrogen-bond donors (Lipinski definition) is 1. The van der Waals surface area contributed by atoms with E-state index < -0.39 is 0 Å². The van der Waals surface area contributed by atoms with Crippen molar-refractivity contribution in [2.75, 3.05) is 19.7 Å². The number of ether oxygens (including phenoxy) is 1. The summed E-state index contributed by atoms with van der Waals surface area (Å²) in [5.41, 5.74) is 3.69. The van der Waals surface area contributed by atoms with Crippen LogP contribution >= 0.6 is 0 Å². The van der Waals surface area contributed by atoms with Gasteiger partial charge in [-0.2, -0.15) is 0 Å².